The molecule has 0 aliphatic rings. The standard InChI is InChI=1S/C19H26N2/c1-7-8-11-21-15(3)14(2)17-12-16(9-10-18(17)21)13-20-19(4,5)6/h9-10,12,20H,11,13H2,1-6H3. The van der Waals surface area contributed by atoms with E-state index in [4.69, 9.17) is 0 Å². The van der Waals surface area contributed by atoms with Crippen molar-refractivity contribution in [1.29, 1.82) is 0 Å². The van der Waals surface area contributed by atoms with Crippen LogP contribution in [0.5, 0.6) is 0 Å². The number of rotatable bonds is 3. The second-order valence-electron chi connectivity index (χ2n) is 6.68. The van der Waals surface area contributed by atoms with Gasteiger partial charge in [-0.05, 0) is 64.8 Å². The minimum absolute atomic E-state index is 0.141. The normalized spacial score (nSPS) is 11.5. The molecule has 1 aromatic heterocycles. The number of aromatic nitrogens is 1. The SMILES string of the molecule is CC#CCn1c(C)c(C)c2cc(CNC(C)(C)C)ccc21. The van der Waals surface area contributed by atoms with E-state index in [1.54, 1.807) is 0 Å². The maximum absolute atomic E-state index is 3.55. The molecule has 21 heavy (non-hydrogen) atoms. The number of nitrogens with one attached hydrogen (secondary N) is 1. The third kappa shape index (κ3) is 3.49. The maximum atomic E-state index is 3.55. The quantitative estimate of drug-likeness (QED) is 0.836. The van der Waals surface area contributed by atoms with E-state index in [0.29, 0.717) is 0 Å². The Bertz CT molecular complexity index is 703. The molecule has 0 saturated carbocycles. The molecule has 112 valence electrons. The number of aryl methyl sites for hydroxylation is 1. The molecule has 0 spiro atoms. The monoisotopic (exact) mass is 282 g/mol. The first kappa shape index (κ1) is 15.7. The Morgan fingerprint density at radius 1 is 1.19 bits per heavy atom. The third-order valence-corrected chi connectivity index (χ3v) is 3.94. The van der Waals surface area contributed by atoms with Gasteiger partial charge in [0.1, 0.15) is 0 Å². The van der Waals surface area contributed by atoms with E-state index in [2.05, 4.69) is 74.5 Å². The lowest BCUT2D eigenvalue weighted by molar-refractivity contribution is 0.424. The van der Waals surface area contributed by atoms with E-state index in [9.17, 15) is 0 Å². The molecule has 0 saturated heterocycles. The summed E-state index contributed by atoms with van der Waals surface area (Å²) in [5.41, 5.74) is 5.43. The molecule has 0 unspecified atom stereocenters. The molecule has 1 heterocycles. The van der Waals surface area contributed by atoms with Crippen LogP contribution in [0.25, 0.3) is 10.9 Å². The molecule has 0 bridgehead atoms. The van der Waals surface area contributed by atoms with Crippen LogP contribution in [0.2, 0.25) is 0 Å². The first-order valence-corrected chi connectivity index (χ1v) is 7.56. The summed E-state index contributed by atoms with van der Waals surface area (Å²) in [6.45, 7) is 14.5. The van der Waals surface area contributed by atoms with Crippen LogP contribution in [0, 0.1) is 25.7 Å². The Kier molecular flexibility index (Phi) is 4.44. The Hall–Kier alpha value is -1.72. The van der Waals surface area contributed by atoms with Crippen LogP contribution in [-0.2, 0) is 13.1 Å². The number of nitrogens with zero attached hydrogens (tertiary/aromatic N) is 1. The lowest BCUT2D eigenvalue weighted by atomic mass is 10.1. The molecule has 0 aliphatic carbocycles. The van der Waals surface area contributed by atoms with Crippen LogP contribution in [0.3, 0.4) is 0 Å². The van der Waals surface area contributed by atoms with Gasteiger partial charge < -0.3 is 9.88 Å². The average Bonchev–Trinajstić information content (AvgIpc) is 2.66. The molecule has 0 fully saturated rings. The maximum Gasteiger partial charge on any atom is 0.0840 e. The van der Waals surface area contributed by atoms with Crippen LogP contribution >= 0.6 is 0 Å². The summed E-state index contributed by atoms with van der Waals surface area (Å²) in [5.74, 6) is 6.16. The Balaban J connectivity index is 2.39. The first-order chi connectivity index (χ1) is 9.83. The van der Waals surface area contributed by atoms with Gasteiger partial charge in [0.15, 0.2) is 0 Å². The molecule has 2 rings (SSSR count). The molecular formula is C19H26N2. The summed E-state index contributed by atoms with van der Waals surface area (Å²) < 4.78 is 2.31. The number of hydrogen-bond acceptors (Lipinski definition) is 1. The van der Waals surface area contributed by atoms with Crippen LogP contribution in [-0.4, -0.2) is 10.1 Å². The van der Waals surface area contributed by atoms with Crippen molar-refractivity contribution in [3.8, 4) is 11.8 Å². The lowest BCUT2D eigenvalue weighted by Gasteiger charge is -2.20. The topological polar surface area (TPSA) is 17.0 Å². The second-order valence-corrected chi connectivity index (χ2v) is 6.68. The Morgan fingerprint density at radius 3 is 2.52 bits per heavy atom. The van der Waals surface area contributed by atoms with E-state index in [1.165, 1.54) is 27.7 Å². The van der Waals surface area contributed by atoms with Crippen molar-refractivity contribution in [2.75, 3.05) is 0 Å². The second kappa shape index (κ2) is 5.95. The zero-order valence-electron chi connectivity index (χ0n) is 14.1. The van der Waals surface area contributed by atoms with Gasteiger partial charge in [-0.15, -0.1) is 5.92 Å². The zero-order valence-corrected chi connectivity index (χ0v) is 14.1. The molecule has 2 nitrogen and oxygen atoms in total. The molecule has 1 N–H and O–H groups in total. The van der Waals surface area contributed by atoms with Gasteiger partial charge in [-0.3, -0.25) is 0 Å². The zero-order chi connectivity index (χ0) is 15.6. The van der Waals surface area contributed by atoms with Gasteiger partial charge in [-0.2, -0.15) is 0 Å². The molecule has 0 aliphatic heterocycles. The summed E-state index contributed by atoms with van der Waals surface area (Å²) in [7, 11) is 0. The highest BCUT2D eigenvalue weighted by Crippen LogP contribution is 2.26. The minimum Gasteiger partial charge on any atom is -0.333 e. The van der Waals surface area contributed by atoms with Crippen LogP contribution in [0.1, 0.15) is 44.5 Å². The van der Waals surface area contributed by atoms with Crippen molar-refractivity contribution in [1.82, 2.24) is 9.88 Å². The molecule has 1 aromatic carbocycles. The van der Waals surface area contributed by atoms with E-state index in [1.807, 2.05) is 6.92 Å². The smallest absolute Gasteiger partial charge is 0.0840 e. The minimum atomic E-state index is 0.141. The van der Waals surface area contributed by atoms with Gasteiger partial charge in [-0.25, -0.2) is 0 Å². The fourth-order valence-corrected chi connectivity index (χ4v) is 2.54. The summed E-state index contributed by atoms with van der Waals surface area (Å²) in [4.78, 5) is 0. The number of hydrogen-bond donors (Lipinski definition) is 1. The number of fused-ring (bicyclic) bond motifs is 1. The van der Waals surface area contributed by atoms with E-state index in [-0.39, 0.29) is 5.54 Å². The molecule has 0 atom stereocenters. The lowest BCUT2D eigenvalue weighted by Crippen LogP contribution is -2.35. The number of benzene rings is 1. The van der Waals surface area contributed by atoms with Gasteiger partial charge in [0.05, 0.1) is 6.54 Å². The van der Waals surface area contributed by atoms with Gasteiger partial charge >= 0.3 is 0 Å². The fourth-order valence-electron chi connectivity index (χ4n) is 2.54. The Labute approximate surface area is 128 Å². The Morgan fingerprint density at radius 2 is 1.90 bits per heavy atom. The summed E-state index contributed by atoms with van der Waals surface area (Å²) in [5, 5.41) is 4.89. The van der Waals surface area contributed by atoms with Crippen molar-refractivity contribution < 1.29 is 0 Å². The molecular weight excluding hydrogens is 256 g/mol. The molecule has 0 radical (unpaired) electrons. The summed E-state index contributed by atoms with van der Waals surface area (Å²) in [6, 6.07) is 6.76. The van der Waals surface area contributed by atoms with Crippen molar-refractivity contribution >= 4 is 10.9 Å². The van der Waals surface area contributed by atoms with E-state index < -0.39 is 0 Å². The highest BCUT2D eigenvalue weighted by Gasteiger charge is 2.12. The predicted molar refractivity (Wildman–Crippen MR) is 91.5 cm³/mol. The van der Waals surface area contributed by atoms with E-state index in [0.717, 1.165) is 13.1 Å². The average molecular weight is 282 g/mol. The molecule has 0 amide bonds. The first-order valence-electron chi connectivity index (χ1n) is 7.56. The van der Waals surface area contributed by atoms with Gasteiger partial charge in [0, 0.05) is 28.7 Å². The van der Waals surface area contributed by atoms with Crippen LogP contribution in [0.15, 0.2) is 18.2 Å². The van der Waals surface area contributed by atoms with Crippen molar-refractivity contribution in [3.63, 3.8) is 0 Å². The van der Waals surface area contributed by atoms with Gasteiger partial charge in [0.2, 0.25) is 0 Å². The van der Waals surface area contributed by atoms with Crippen molar-refractivity contribution in [3.05, 3.63) is 35.0 Å². The highest BCUT2D eigenvalue weighted by molar-refractivity contribution is 5.86. The summed E-state index contributed by atoms with van der Waals surface area (Å²) in [6.07, 6.45) is 0. The van der Waals surface area contributed by atoms with Crippen LogP contribution < -0.4 is 5.32 Å². The van der Waals surface area contributed by atoms with Crippen LogP contribution in [0.4, 0.5) is 0 Å². The molecule has 2 aromatic rings. The van der Waals surface area contributed by atoms with E-state index >= 15 is 0 Å². The molecule has 2 heteroatoms. The van der Waals surface area contributed by atoms with Gasteiger partial charge in [0.25, 0.3) is 0 Å². The fraction of sp³-hybridized carbons (Fsp3) is 0.474. The largest absolute Gasteiger partial charge is 0.333 e. The van der Waals surface area contributed by atoms with Crippen molar-refractivity contribution in [2.24, 2.45) is 0 Å². The summed E-state index contributed by atoms with van der Waals surface area (Å²) >= 11 is 0. The predicted octanol–water partition coefficient (Wildman–Crippen LogP) is 4.17. The highest BCUT2D eigenvalue weighted by atomic mass is 15.0. The van der Waals surface area contributed by atoms with Crippen molar-refractivity contribution in [2.45, 2.75) is 60.2 Å². The third-order valence-electron chi connectivity index (χ3n) is 3.94. The van der Waals surface area contributed by atoms with Gasteiger partial charge in [-0.1, -0.05) is 12.0 Å².